The minimum Gasteiger partial charge on any atom is -0.288 e. The van der Waals surface area contributed by atoms with E-state index in [4.69, 9.17) is 16.2 Å². The van der Waals surface area contributed by atoms with Gasteiger partial charge in [0, 0.05) is 5.56 Å². The highest BCUT2D eigenvalue weighted by molar-refractivity contribution is 7.85. The highest BCUT2D eigenvalue weighted by Crippen LogP contribution is 2.25. The van der Waals surface area contributed by atoms with E-state index in [0.29, 0.717) is 0 Å². The van der Waals surface area contributed by atoms with Crippen LogP contribution in [0.1, 0.15) is 15.9 Å². The van der Waals surface area contributed by atoms with Gasteiger partial charge in [0.2, 0.25) is 0 Å². The Balaban J connectivity index is 2.55. The van der Waals surface area contributed by atoms with Crippen molar-refractivity contribution in [3.63, 3.8) is 0 Å². The zero-order valence-corrected chi connectivity index (χ0v) is 11.8. The van der Waals surface area contributed by atoms with Gasteiger partial charge in [-0.05, 0) is 30.3 Å². The summed E-state index contributed by atoms with van der Waals surface area (Å²) in [6.07, 6.45) is 0. The molecule has 0 aliphatic heterocycles. The van der Waals surface area contributed by atoms with Gasteiger partial charge < -0.3 is 0 Å². The molecule has 0 radical (unpaired) electrons. The third-order valence-corrected chi connectivity index (χ3v) is 3.84. The summed E-state index contributed by atoms with van der Waals surface area (Å²) in [5, 5.41) is -0.349. The first-order valence-electron chi connectivity index (χ1n) is 5.47. The SMILES string of the molecule is O=C(c1ccc(S(=O)(=O)O)cc1Cl)c1c(F)cccc1F. The average Bonchev–Trinajstić information content (AvgIpc) is 2.37. The Morgan fingerprint density at radius 3 is 2.14 bits per heavy atom. The highest BCUT2D eigenvalue weighted by Gasteiger charge is 2.22. The normalized spacial score (nSPS) is 11.4. The standard InChI is InChI=1S/C13H7ClF2O4S/c14-9-6-7(21(18,19)20)4-5-8(9)13(17)12-10(15)2-1-3-11(12)16/h1-6H,(H,18,19,20). The zero-order valence-electron chi connectivity index (χ0n) is 10.2. The van der Waals surface area contributed by atoms with Crippen molar-refractivity contribution < 1.29 is 26.5 Å². The number of benzene rings is 2. The summed E-state index contributed by atoms with van der Waals surface area (Å²) in [6.45, 7) is 0. The van der Waals surface area contributed by atoms with Gasteiger partial charge in [-0.1, -0.05) is 17.7 Å². The van der Waals surface area contributed by atoms with E-state index in [2.05, 4.69) is 0 Å². The van der Waals surface area contributed by atoms with Crippen molar-refractivity contribution >= 4 is 27.5 Å². The smallest absolute Gasteiger partial charge is 0.288 e. The van der Waals surface area contributed by atoms with Crippen LogP contribution in [0.3, 0.4) is 0 Å². The first kappa shape index (κ1) is 15.6. The number of carbonyl (C=O) groups excluding carboxylic acids is 1. The van der Waals surface area contributed by atoms with Crippen molar-refractivity contribution in [2.45, 2.75) is 4.90 Å². The van der Waals surface area contributed by atoms with Gasteiger partial charge >= 0.3 is 0 Å². The van der Waals surface area contributed by atoms with Crippen molar-refractivity contribution in [3.8, 4) is 0 Å². The van der Waals surface area contributed by atoms with Crippen molar-refractivity contribution in [1.82, 2.24) is 0 Å². The Morgan fingerprint density at radius 1 is 1.10 bits per heavy atom. The number of carbonyl (C=O) groups is 1. The predicted molar refractivity (Wildman–Crippen MR) is 71.1 cm³/mol. The summed E-state index contributed by atoms with van der Waals surface area (Å²) < 4.78 is 57.8. The predicted octanol–water partition coefficient (Wildman–Crippen LogP) is 3.10. The molecular weight excluding hydrogens is 326 g/mol. The van der Waals surface area contributed by atoms with Crippen LogP contribution >= 0.6 is 11.6 Å². The topological polar surface area (TPSA) is 71.4 Å². The maximum absolute atomic E-state index is 13.5. The lowest BCUT2D eigenvalue weighted by atomic mass is 10.0. The van der Waals surface area contributed by atoms with Gasteiger partial charge in [0.05, 0.1) is 15.5 Å². The van der Waals surface area contributed by atoms with Crippen LogP contribution < -0.4 is 0 Å². The molecule has 2 rings (SSSR count). The van der Waals surface area contributed by atoms with Gasteiger partial charge in [0.15, 0.2) is 5.78 Å². The molecule has 0 fully saturated rings. The molecule has 0 saturated carbocycles. The van der Waals surface area contributed by atoms with E-state index in [0.717, 1.165) is 36.4 Å². The largest absolute Gasteiger partial charge is 0.294 e. The van der Waals surface area contributed by atoms with Crippen molar-refractivity contribution in [3.05, 3.63) is 64.2 Å². The second-order valence-corrected chi connectivity index (χ2v) is 5.87. The van der Waals surface area contributed by atoms with Gasteiger partial charge in [0.1, 0.15) is 11.6 Å². The number of halogens is 3. The van der Waals surface area contributed by atoms with Crippen LogP contribution in [0.25, 0.3) is 0 Å². The van der Waals surface area contributed by atoms with E-state index in [9.17, 15) is 22.0 Å². The maximum atomic E-state index is 13.5. The quantitative estimate of drug-likeness (QED) is 0.692. The van der Waals surface area contributed by atoms with Gasteiger partial charge in [-0.3, -0.25) is 9.35 Å². The van der Waals surface area contributed by atoms with E-state index >= 15 is 0 Å². The van der Waals surface area contributed by atoms with Crippen LogP contribution in [0.4, 0.5) is 8.78 Å². The second-order valence-electron chi connectivity index (χ2n) is 4.04. The average molecular weight is 333 g/mol. The molecule has 4 nitrogen and oxygen atoms in total. The van der Waals surface area contributed by atoms with Crippen molar-refractivity contribution in [2.24, 2.45) is 0 Å². The third kappa shape index (κ3) is 3.10. The Labute approximate surface area is 123 Å². The van der Waals surface area contributed by atoms with Gasteiger partial charge in [-0.25, -0.2) is 8.78 Å². The van der Waals surface area contributed by atoms with E-state index in [-0.39, 0.29) is 10.6 Å². The molecule has 1 N–H and O–H groups in total. The molecule has 8 heteroatoms. The van der Waals surface area contributed by atoms with Gasteiger partial charge in [0.25, 0.3) is 10.1 Å². The van der Waals surface area contributed by atoms with Crippen LogP contribution in [0.15, 0.2) is 41.3 Å². The summed E-state index contributed by atoms with van der Waals surface area (Å²) in [5.74, 6) is -3.15. The minimum atomic E-state index is -4.49. The summed E-state index contributed by atoms with van der Waals surface area (Å²) >= 11 is 5.74. The van der Waals surface area contributed by atoms with E-state index in [1.165, 1.54) is 0 Å². The lowest BCUT2D eigenvalue weighted by molar-refractivity contribution is 0.103. The van der Waals surface area contributed by atoms with Crippen LogP contribution in [-0.4, -0.2) is 18.8 Å². The molecule has 0 spiro atoms. The summed E-state index contributed by atoms with van der Waals surface area (Å²) in [7, 11) is -4.49. The zero-order chi connectivity index (χ0) is 15.8. The molecule has 0 amide bonds. The monoisotopic (exact) mass is 332 g/mol. The minimum absolute atomic E-state index is 0.284. The number of hydrogen-bond donors (Lipinski definition) is 1. The Kier molecular flexibility index (Phi) is 4.08. The summed E-state index contributed by atoms with van der Waals surface area (Å²) in [5.41, 5.74) is -1.08. The first-order valence-corrected chi connectivity index (χ1v) is 7.29. The molecule has 0 unspecified atom stereocenters. The van der Waals surface area contributed by atoms with Crippen LogP contribution in [0.5, 0.6) is 0 Å². The molecule has 2 aromatic rings. The van der Waals surface area contributed by atoms with Crippen molar-refractivity contribution in [2.75, 3.05) is 0 Å². The highest BCUT2D eigenvalue weighted by atomic mass is 35.5. The maximum Gasteiger partial charge on any atom is 0.294 e. The molecule has 0 saturated heterocycles. The molecular formula is C13H7ClF2O4S. The van der Waals surface area contributed by atoms with Gasteiger partial charge in [-0.2, -0.15) is 8.42 Å². The van der Waals surface area contributed by atoms with E-state index < -0.39 is 38.0 Å². The van der Waals surface area contributed by atoms with Crippen LogP contribution in [0, 0.1) is 11.6 Å². The molecule has 2 aromatic carbocycles. The van der Waals surface area contributed by atoms with E-state index in [1.807, 2.05) is 0 Å². The first-order chi connectivity index (χ1) is 9.71. The van der Waals surface area contributed by atoms with Crippen LogP contribution in [0.2, 0.25) is 5.02 Å². The fraction of sp³-hybridized carbons (Fsp3) is 0. The number of rotatable bonds is 3. The fourth-order valence-electron chi connectivity index (χ4n) is 1.69. The summed E-state index contributed by atoms with van der Waals surface area (Å²) in [4.78, 5) is 11.6. The van der Waals surface area contributed by atoms with E-state index in [1.54, 1.807) is 0 Å². The lowest BCUT2D eigenvalue weighted by Crippen LogP contribution is -2.09. The Morgan fingerprint density at radius 2 is 1.67 bits per heavy atom. The van der Waals surface area contributed by atoms with Gasteiger partial charge in [-0.15, -0.1) is 0 Å². The molecule has 0 atom stereocenters. The third-order valence-electron chi connectivity index (χ3n) is 2.67. The summed E-state index contributed by atoms with van der Waals surface area (Å²) in [6, 6.07) is 5.63. The molecule has 110 valence electrons. The lowest BCUT2D eigenvalue weighted by Gasteiger charge is -2.07. The molecule has 0 aromatic heterocycles. The fourth-order valence-corrected chi connectivity index (χ4v) is 2.53. The Hall–Kier alpha value is -1.83. The second kappa shape index (κ2) is 5.51. The number of ketones is 1. The molecule has 0 bridgehead atoms. The molecule has 21 heavy (non-hydrogen) atoms. The Bertz CT molecular complexity index is 814. The molecule has 0 heterocycles. The molecule has 0 aliphatic rings. The van der Waals surface area contributed by atoms with Crippen molar-refractivity contribution in [1.29, 1.82) is 0 Å². The van der Waals surface area contributed by atoms with Crippen LogP contribution in [-0.2, 0) is 10.1 Å². The number of hydrogen-bond acceptors (Lipinski definition) is 3. The molecule has 0 aliphatic carbocycles.